The molecule has 1 aromatic carbocycles. The minimum absolute atomic E-state index is 0.168. The Morgan fingerprint density at radius 3 is 2.62 bits per heavy atom. The summed E-state index contributed by atoms with van der Waals surface area (Å²) < 4.78 is 0. The number of nitrogens with zero attached hydrogens (tertiary/aromatic N) is 1. The fraction of sp³-hybridized carbons (Fsp3) is 0.529. The number of hydrogen-bond donors (Lipinski definition) is 4. The fourth-order valence-electron chi connectivity index (χ4n) is 2.55. The Morgan fingerprint density at radius 2 is 1.92 bits per heavy atom. The first-order valence-corrected chi connectivity index (χ1v) is 8.48. The van der Waals surface area contributed by atoms with E-state index in [2.05, 4.69) is 26.2 Å². The summed E-state index contributed by atoms with van der Waals surface area (Å²) in [5, 5.41) is 11.5. The van der Waals surface area contributed by atoms with E-state index in [1.807, 2.05) is 18.2 Å². The highest BCUT2D eigenvalue weighted by Gasteiger charge is 2.15. The number of urea groups is 1. The molecule has 1 atom stereocenters. The molecule has 1 saturated heterocycles. The van der Waals surface area contributed by atoms with E-state index in [-0.39, 0.29) is 11.9 Å². The molecule has 24 heavy (non-hydrogen) atoms. The van der Waals surface area contributed by atoms with E-state index < -0.39 is 6.04 Å². The molecule has 2 rings (SSSR count). The molecule has 1 heterocycles. The maximum Gasteiger partial charge on any atom is 0.319 e. The van der Waals surface area contributed by atoms with Gasteiger partial charge in [0.1, 0.15) is 6.04 Å². The zero-order chi connectivity index (χ0) is 17.2. The molecule has 1 aromatic rings. The molecule has 0 aliphatic carbocycles. The summed E-state index contributed by atoms with van der Waals surface area (Å²) in [5.74, 6) is -0.168. The summed E-state index contributed by atoms with van der Waals surface area (Å²) in [7, 11) is 0. The first kappa shape index (κ1) is 18.2. The SMILES string of the molecule is CC(NC(=O)Nc1ccccc1)C(=O)NCCCN1CCNCC1. The summed E-state index contributed by atoms with van der Waals surface area (Å²) in [4.78, 5) is 26.2. The van der Waals surface area contributed by atoms with Crippen molar-refractivity contribution in [2.45, 2.75) is 19.4 Å². The van der Waals surface area contributed by atoms with Gasteiger partial charge in [0.25, 0.3) is 0 Å². The maximum absolute atomic E-state index is 12.0. The van der Waals surface area contributed by atoms with Crippen LogP contribution in [0.3, 0.4) is 0 Å². The van der Waals surface area contributed by atoms with Crippen molar-refractivity contribution in [3.8, 4) is 0 Å². The van der Waals surface area contributed by atoms with Gasteiger partial charge >= 0.3 is 6.03 Å². The van der Waals surface area contributed by atoms with Gasteiger partial charge in [-0.3, -0.25) is 4.79 Å². The van der Waals surface area contributed by atoms with Crippen LogP contribution in [0.2, 0.25) is 0 Å². The normalized spacial score (nSPS) is 16.2. The van der Waals surface area contributed by atoms with Gasteiger partial charge in [-0.25, -0.2) is 4.79 Å². The van der Waals surface area contributed by atoms with E-state index in [4.69, 9.17) is 0 Å². The van der Waals surface area contributed by atoms with Gasteiger partial charge < -0.3 is 26.2 Å². The van der Waals surface area contributed by atoms with Crippen LogP contribution in [0.1, 0.15) is 13.3 Å². The van der Waals surface area contributed by atoms with E-state index >= 15 is 0 Å². The van der Waals surface area contributed by atoms with Crippen molar-refractivity contribution < 1.29 is 9.59 Å². The number of carbonyl (C=O) groups is 2. The molecule has 1 unspecified atom stereocenters. The number of anilines is 1. The van der Waals surface area contributed by atoms with Gasteiger partial charge in [0, 0.05) is 38.4 Å². The molecule has 1 aliphatic heterocycles. The topological polar surface area (TPSA) is 85.5 Å². The van der Waals surface area contributed by atoms with Gasteiger partial charge in [0.2, 0.25) is 5.91 Å². The predicted octanol–water partition coefficient (Wildman–Crippen LogP) is 0.608. The summed E-state index contributed by atoms with van der Waals surface area (Å²) in [6.45, 7) is 7.47. The summed E-state index contributed by atoms with van der Waals surface area (Å²) in [6, 6.07) is 8.17. The lowest BCUT2D eigenvalue weighted by molar-refractivity contribution is -0.122. The molecule has 0 saturated carbocycles. The molecule has 0 bridgehead atoms. The lowest BCUT2D eigenvalue weighted by Crippen LogP contribution is -2.47. The van der Waals surface area contributed by atoms with Crippen molar-refractivity contribution in [2.24, 2.45) is 0 Å². The quantitative estimate of drug-likeness (QED) is 0.551. The average Bonchev–Trinajstić information content (AvgIpc) is 2.60. The van der Waals surface area contributed by atoms with Crippen molar-refractivity contribution in [1.29, 1.82) is 0 Å². The zero-order valence-corrected chi connectivity index (χ0v) is 14.2. The zero-order valence-electron chi connectivity index (χ0n) is 14.2. The summed E-state index contributed by atoms with van der Waals surface area (Å²) in [5.41, 5.74) is 0.693. The highest BCUT2D eigenvalue weighted by molar-refractivity contribution is 5.93. The van der Waals surface area contributed by atoms with Crippen LogP contribution in [0.4, 0.5) is 10.5 Å². The largest absolute Gasteiger partial charge is 0.354 e. The van der Waals surface area contributed by atoms with Crippen LogP contribution in [0.5, 0.6) is 0 Å². The van der Waals surface area contributed by atoms with Crippen molar-refractivity contribution in [1.82, 2.24) is 20.9 Å². The van der Waals surface area contributed by atoms with Gasteiger partial charge in [-0.05, 0) is 32.0 Å². The van der Waals surface area contributed by atoms with Crippen LogP contribution in [0.25, 0.3) is 0 Å². The Morgan fingerprint density at radius 1 is 1.21 bits per heavy atom. The van der Waals surface area contributed by atoms with E-state index in [0.717, 1.165) is 39.1 Å². The molecule has 7 nitrogen and oxygen atoms in total. The molecular formula is C17H27N5O2. The number of amides is 3. The minimum Gasteiger partial charge on any atom is -0.354 e. The molecule has 4 N–H and O–H groups in total. The number of piperazine rings is 1. The maximum atomic E-state index is 12.0. The van der Waals surface area contributed by atoms with Crippen molar-refractivity contribution in [3.63, 3.8) is 0 Å². The van der Waals surface area contributed by atoms with Crippen LogP contribution >= 0.6 is 0 Å². The van der Waals surface area contributed by atoms with Gasteiger partial charge in [-0.1, -0.05) is 18.2 Å². The number of para-hydroxylation sites is 1. The highest BCUT2D eigenvalue weighted by Crippen LogP contribution is 2.04. The third-order valence-electron chi connectivity index (χ3n) is 3.93. The van der Waals surface area contributed by atoms with Crippen LogP contribution in [0, 0.1) is 0 Å². The molecule has 1 aliphatic rings. The molecule has 7 heteroatoms. The van der Waals surface area contributed by atoms with Crippen molar-refractivity contribution in [2.75, 3.05) is 44.6 Å². The Balaban J connectivity index is 1.60. The second-order valence-corrected chi connectivity index (χ2v) is 5.92. The number of hydrogen-bond acceptors (Lipinski definition) is 4. The van der Waals surface area contributed by atoms with Crippen molar-refractivity contribution >= 4 is 17.6 Å². The van der Waals surface area contributed by atoms with E-state index in [1.165, 1.54) is 0 Å². The molecule has 1 fully saturated rings. The van der Waals surface area contributed by atoms with E-state index in [9.17, 15) is 9.59 Å². The Kier molecular flexibility index (Phi) is 7.51. The first-order chi connectivity index (χ1) is 11.6. The number of rotatable bonds is 7. The molecular weight excluding hydrogens is 306 g/mol. The van der Waals surface area contributed by atoms with E-state index in [1.54, 1.807) is 19.1 Å². The number of benzene rings is 1. The smallest absolute Gasteiger partial charge is 0.319 e. The average molecular weight is 333 g/mol. The Labute approximate surface area is 143 Å². The molecule has 0 aromatic heterocycles. The highest BCUT2D eigenvalue weighted by atomic mass is 16.2. The van der Waals surface area contributed by atoms with Gasteiger partial charge in [-0.15, -0.1) is 0 Å². The summed E-state index contributed by atoms with van der Waals surface area (Å²) in [6.07, 6.45) is 0.911. The Hall–Kier alpha value is -2.12. The lowest BCUT2D eigenvalue weighted by atomic mass is 10.3. The monoisotopic (exact) mass is 333 g/mol. The number of nitrogens with one attached hydrogen (secondary N) is 4. The third-order valence-corrected chi connectivity index (χ3v) is 3.93. The van der Waals surface area contributed by atoms with Crippen molar-refractivity contribution in [3.05, 3.63) is 30.3 Å². The van der Waals surface area contributed by atoms with Crippen LogP contribution in [-0.2, 0) is 4.79 Å². The van der Waals surface area contributed by atoms with Gasteiger partial charge in [0.05, 0.1) is 0 Å². The fourth-order valence-corrected chi connectivity index (χ4v) is 2.55. The van der Waals surface area contributed by atoms with Gasteiger partial charge in [0.15, 0.2) is 0 Å². The molecule has 3 amide bonds. The van der Waals surface area contributed by atoms with Crippen LogP contribution in [0.15, 0.2) is 30.3 Å². The lowest BCUT2D eigenvalue weighted by Gasteiger charge is -2.27. The van der Waals surface area contributed by atoms with Crippen LogP contribution < -0.4 is 21.3 Å². The summed E-state index contributed by atoms with van der Waals surface area (Å²) >= 11 is 0. The first-order valence-electron chi connectivity index (χ1n) is 8.48. The molecule has 132 valence electrons. The second kappa shape index (κ2) is 9.89. The second-order valence-electron chi connectivity index (χ2n) is 5.92. The predicted molar refractivity (Wildman–Crippen MR) is 95.0 cm³/mol. The van der Waals surface area contributed by atoms with Crippen LogP contribution in [-0.4, -0.2) is 62.1 Å². The minimum atomic E-state index is -0.576. The third kappa shape index (κ3) is 6.55. The van der Waals surface area contributed by atoms with E-state index in [0.29, 0.717) is 12.2 Å². The van der Waals surface area contributed by atoms with Gasteiger partial charge in [-0.2, -0.15) is 0 Å². The Bertz CT molecular complexity index is 517. The molecule has 0 spiro atoms. The standard InChI is InChI=1S/C17H27N5O2/c1-14(20-17(24)21-15-6-3-2-4-7-15)16(23)19-8-5-11-22-12-9-18-10-13-22/h2-4,6-7,14,18H,5,8-13H2,1H3,(H,19,23)(H2,20,21,24). The molecule has 0 radical (unpaired) electrons. The number of carbonyl (C=O) groups excluding carboxylic acids is 2.